The van der Waals surface area contributed by atoms with Crippen molar-refractivity contribution in [1.29, 1.82) is 5.26 Å². The summed E-state index contributed by atoms with van der Waals surface area (Å²) in [6, 6.07) is 24.1. The molecule has 0 aromatic heterocycles. The summed E-state index contributed by atoms with van der Waals surface area (Å²) in [7, 11) is 0. The van der Waals surface area contributed by atoms with Crippen molar-refractivity contribution in [2.45, 2.75) is 18.6 Å². The molecule has 0 radical (unpaired) electrons. The quantitative estimate of drug-likeness (QED) is 0.422. The summed E-state index contributed by atoms with van der Waals surface area (Å²) in [5.41, 5.74) is 2.77. The van der Waals surface area contributed by atoms with Crippen LogP contribution < -0.4 is 10.2 Å². The van der Waals surface area contributed by atoms with Crippen molar-refractivity contribution in [2.75, 3.05) is 10.2 Å². The molecule has 1 N–H and O–H groups in total. The van der Waals surface area contributed by atoms with Gasteiger partial charge in [-0.2, -0.15) is 5.26 Å². The van der Waals surface area contributed by atoms with Gasteiger partial charge in [-0.25, -0.2) is 4.39 Å². The summed E-state index contributed by atoms with van der Waals surface area (Å²) in [4.78, 5) is 27.7. The number of anilines is 2. The van der Waals surface area contributed by atoms with Crippen LogP contribution in [0.5, 0.6) is 0 Å². The Morgan fingerprint density at radius 3 is 2.36 bits per heavy atom. The maximum absolute atomic E-state index is 13.5. The van der Waals surface area contributed by atoms with E-state index < -0.39 is 17.0 Å². The molecule has 0 saturated carbocycles. The van der Waals surface area contributed by atoms with E-state index in [0.29, 0.717) is 17.8 Å². The summed E-state index contributed by atoms with van der Waals surface area (Å²) in [6.45, 7) is 1.93. The number of nitriles is 1. The number of rotatable bonds is 5. The lowest BCUT2D eigenvalue weighted by Crippen LogP contribution is -2.30. The van der Waals surface area contributed by atoms with Crippen molar-refractivity contribution in [3.8, 4) is 6.07 Å². The van der Waals surface area contributed by atoms with Gasteiger partial charge >= 0.3 is 0 Å². The standard InChI is InChI=1S/C26H20FN3O2S/c1-17-7-11-20(12-8-17)29-24(31)22(16-28)26-30(21-13-9-19(27)10-14-21)25(32)23(33-26)15-18-5-3-2-4-6-18/h2-14,23H,15H2,1H3,(H,29,31)/b26-22-/t23-/m0/s1. The number of hydrogen-bond donors (Lipinski definition) is 1. The van der Waals surface area contributed by atoms with E-state index in [1.54, 1.807) is 12.1 Å². The fourth-order valence-electron chi connectivity index (χ4n) is 3.47. The maximum Gasteiger partial charge on any atom is 0.269 e. The first kappa shape index (κ1) is 22.3. The van der Waals surface area contributed by atoms with Gasteiger partial charge in [0, 0.05) is 11.4 Å². The third-order valence-electron chi connectivity index (χ3n) is 5.16. The fraction of sp³-hybridized carbons (Fsp3) is 0.115. The highest BCUT2D eigenvalue weighted by Crippen LogP contribution is 2.42. The van der Waals surface area contributed by atoms with Crippen LogP contribution in [0, 0.1) is 24.1 Å². The Balaban J connectivity index is 1.72. The monoisotopic (exact) mass is 457 g/mol. The SMILES string of the molecule is Cc1ccc(NC(=O)/C(C#N)=C2\S[C@@H](Cc3ccccc3)C(=O)N2c2ccc(F)cc2)cc1. The third kappa shape index (κ3) is 4.97. The van der Waals surface area contributed by atoms with E-state index in [-0.39, 0.29) is 16.5 Å². The molecule has 1 saturated heterocycles. The fourth-order valence-corrected chi connectivity index (χ4v) is 4.78. The average molecular weight is 458 g/mol. The number of carbonyl (C=O) groups is 2. The number of halogens is 1. The Hall–Kier alpha value is -3.89. The van der Waals surface area contributed by atoms with Gasteiger partial charge in [0.25, 0.3) is 5.91 Å². The molecule has 1 aliphatic rings. The van der Waals surface area contributed by atoms with E-state index in [1.807, 2.05) is 55.5 Å². The molecule has 1 atom stereocenters. The van der Waals surface area contributed by atoms with Gasteiger partial charge in [-0.15, -0.1) is 0 Å². The van der Waals surface area contributed by atoms with Crippen LogP contribution in [0.3, 0.4) is 0 Å². The highest BCUT2D eigenvalue weighted by molar-refractivity contribution is 8.05. The Morgan fingerprint density at radius 2 is 1.73 bits per heavy atom. The van der Waals surface area contributed by atoms with Crippen LogP contribution in [-0.4, -0.2) is 17.1 Å². The Morgan fingerprint density at radius 1 is 1.06 bits per heavy atom. The van der Waals surface area contributed by atoms with Crippen LogP contribution in [0.4, 0.5) is 15.8 Å². The highest BCUT2D eigenvalue weighted by Gasteiger charge is 2.40. The number of thioether (sulfide) groups is 1. The molecule has 2 amide bonds. The lowest BCUT2D eigenvalue weighted by Gasteiger charge is -2.18. The van der Waals surface area contributed by atoms with Gasteiger partial charge in [0.15, 0.2) is 0 Å². The molecule has 0 unspecified atom stereocenters. The number of aryl methyl sites for hydroxylation is 1. The molecular weight excluding hydrogens is 437 g/mol. The van der Waals surface area contributed by atoms with E-state index >= 15 is 0 Å². The number of hydrogen-bond acceptors (Lipinski definition) is 4. The third-order valence-corrected chi connectivity index (χ3v) is 6.43. The number of carbonyl (C=O) groups excluding carboxylic acids is 2. The molecule has 1 aliphatic heterocycles. The van der Waals surface area contributed by atoms with Crippen molar-refractivity contribution in [1.82, 2.24) is 0 Å². The average Bonchev–Trinajstić information content (AvgIpc) is 3.12. The van der Waals surface area contributed by atoms with Crippen LogP contribution >= 0.6 is 11.8 Å². The van der Waals surface area contributed by atoms with E-state index in [2.05, 4.69) is 5.32 Å². The largest absolute Gasteiger partial charge is 0.321 e. The predicted molar refractivity (Wildman–Crippen MR) is 128 cm³/mol. The molecule has 33 heavy (non-hydrogen) atoms. The molecule has 0 aliphatic carbocycles. The Kier molecular flexibility index (Phi) is 6.57. The second-order valence-electron chi connectivity index (χ2n) is 7.56. The minimum atomic E-state index is -0.607. The molecule has 0 spiro atoms. The lowest BCUT2D eigenvalue weighted by atomic mass is 10.1. The second-order valence-corrected chi connectivity index (χ2v) is 8.75. The van der Waals surface area contributed by atoms with Crippen LogP contribution in [0.1, 0.15) is 11.1 Å². The minimum Gasteiger partial charge on any atom is -0.321 e. The smallest absolute Gasteiger partial charge is 0.269 e. The summed E-state index contributed by atoms with van der Waals surface area (Å²) >= 11 is 1.17. The molecule has 1 heterocycles. The Bertz CT molecular complexity index is 1250. The molecule has 3 aromatic rings. The van der Waals surface area contributed by atoms with Crippen LogP contribution in [0.2, 0.25) is 0 Å². The minimum absolute atomic E-state index is 0.172. The number of nitrogens with one attached hydrogen (secondary N) is 1. The van der Waals surface area contributed by atoms with Gasteiger partial charge in [-0.05, 0) is 55.3 Å². The van der Waals surface area contributed by atoms with Crippen molar-refractivity contribution < 1.29 is 14.0 Å². The molecule has 7 heteroatoms. The zero-order valence-electron chi connectivity index (χ0n) is 17.8. The summed E-state index contributed by atoms with van der Waals surface area (Å²) in [5.74, 6) is -1.31. The van der Waals surface area contributed by atoms with Crippen molar-refractivity contribution >= 4 is 35.0 Å². The molecule has 5 nitrogen and oxygen atoms in total. The van der Waals surface area contributed by atoms with Crippen molar-refractivity contribution in [3.63, 3.8) is 0 Å². The summed E-state index contributed by atoms with van der Waals surface area (Å²) in [6.07, 6.45) is 0.434. The van der Waals surface area contributed by atoms with Crippen LogP contribution in [0.25, 0.3) is 0 Å². The molecule has 1 fully saturated rings. The van der Waals surface area contributed by atoms with Gasteiger partial charge in [-0.3, -0.25) is 14.5 Å². The second kappa shape index (κ2) is 9.72. The van der Waals surface area contributed by atoms with Gasteiger partial charge in [0.1, 0.15) is 22.5 Å². The summed E-state index contributed by atoms with van der Waals surface area (Å²) < 4.78 is 13.5. The topological polar surface area (TPSA) is 73.2 Å². The van der Waals surface area contributed by atoms with E-state index in [9.17, 15) is 19.2 Å². The van der Waals surface area contributed by atoms with E-state index in [4.69, 9.17) is 0 Å². The number of amides is 2. The first-order valence-electron chi connectivity index (χ1n) is 10.3. The van der Waals surface area contributed by atoms with E-state index in [1.165, 1.54) is 40.9 Å². The van der Waals surface area contributed by atoms with Crippen LogP contribution in [-0.2, 0) is 16.0 Å². The molecule has 164 valence electrons. The van der Waals surface area contributed by atoms with Gasteiger partial charge in [0.2, 0.25) is 5.91 Å². The van der Waals surface area contributed by atoms with Crippen LogP contribution in [0.15, 0.2) is 89.5 Å². The van der Waals surface area contributed by atoms with Crippen molar-refractivity contribution in [2.24, 2.45) is 0 Å². The number of nitrogens with zero attached hydrogens (tertiary/aromatic N) is 2. The predicted octanol–water partition coefficient (Wildman–Crippen LogP) is 5.20. The first-order chi connectivity index (χ1) is 16.0. The Labute approximate surface area is 195 Å². The van der Waals surface area contributed by atoms with Gasteiger partial charge in [-0.1, -0.05) is 59.8 Å². The van der Waals surface area contributed by atoms with Gasteiger partial charge in [0.05, 0.1) is 5.25 Å². The van der Waals surface area contributed by atoms with Crippen molar-refractivity contribution in [3.05, 3.63) is 106 Å². The van der Waals surface area contributed by atoms with Gasteiger partial charge < -0.3 is 5.32 Å². The molecule has 3 aromatic carbocycles. The highest BCUT2D eigenvalue weighted by atomic mass is 32.2. The number of benzene rings is 3. The zero-order chi connectivity index (χ0) is 23.4. The summed E-state index contributed by atoms with van der Waals surface area (Å²) in [5, 5.41) is 12.3. The molecular formula is C26H20FN3O2S. The molecule has 4 rings (SSSR count). The molecule has 0 bridgehead atoms. The normalized spacial score (nSPS) is 16.9. The zero-order valence-corrected chi connectivity index (χ0v) is 18.6. The first-order valence-corrected chi connectivity index (χ1v) is 11.2. The van der Waals surface area contributed by atoms with E-state index in [0.717, 1.165) is 11.1 Å². The maximum atomic E-state index is 13.5. The lowest BCUT2D eigenvalue weighted by molar-refractivity contribution is -0.117.